The molecule has 2 aromatic heterocycles. The Morgan fingerprint density at radius 2 is 1.81 bits per heavy atom. The smallest absolute Gasteiger partial charge is 0.230 e. The van der Waals surface area contributed by atoms with Crippen molar-refractivity contribution in [2.75, 3.05) is 5.75 Å². The summed E-state index contributed by atoms with van der Waals surface area (Å²) in [6.45, 7) is 6.83. The van der Waals surface area contributed by atoms with Gasteiger partial charge in [-0.25, -0.2) is 4.98 Å². The van der Waals surface area contributed by atoms with Crippen molar-refractivity contribution in [2.45, 2.75) is 44.9 Å². The van der Waals surface area contributed by atoms with Crippen molar-refractivity contribution >= 4 is 28.6 Å². The number of thioether (sulfide) groups is 1. The first-order valence-electron chi connectivity index (χ1n) is 10.9. The average Bonchev–Trinajstić information content (AvgIpc) is 3.25. The summed E-state index contributed by atoms with van der Waals surface area (Å²) in [5.74, 6) is 1.11. The van der Waals surface area contributed by atoms with E-state index in [1.54, 1.807) is 0 Å². The molecular formula is C25H27N5OS. The molecule has 2 heterocycles. The Morgan fingerprint density at radius 3 is 2.56 bits per heavy atom. The Labute approximate surface area is 192 Å². The van der Waals surface area contributed by atoms with Crippen LogP contribution in [0.3, 0.4) is 0 Å². The fourth-order valence-corrected chi connectivity index (χ4v) is 4.36. The zero-order chi connectivity index (χ0) is 22.5. The number of aromatic nitrogens is 4. The summed E-state index contributed by atoms with van der Waals surface area (Å²) in [6.07, 6.45) is 0.907. The number of para-hydroxylation sites is 1. The molecule has 6 nitrogen and oxygen atoms in total. The molecule has 164 valence electrons. The lowest BCUT2D eigenvalue weighted by atomic mass is 10.0. The molecule has 0 radical (unpaired) electrons. The number of nitrogens with one attached hydrogen (secondary N) is 1. The molecule has 1 unspecified atom stereocenters. The third kappa shape index (κ3) is 4.67. The molecule has 2 aromatic carbocycles. The summed E-state index contributed by atoms with van der Waals surface area (Å²) in [7, 11) is 0. The largest absolute Gasteiger partial charge is 0.353 e. The van der Waals surface area contributed by atoms with Gasteiger partial charge in [-0.1, -0.05) is 67.2 Å². The van der Waals surface area contributed by atoms with Crippen molar-refractivity contribution in [2.24, 2.45) is 0 Å². The molecule has 7 heteroatoms. The topological polar surface area (TPSA) is 72.7 Å². The molecule has 4 aromatic rings. The quantitative estimate of drug-likeness (QED) is 0.378. The van der Waals surface area contributed by atoms with Crippen LogP contribution in [0.2, 0.25) is 0 Å². The van der Waals surface area contributed by atoms with Crippen LogP contribution in [0.5, 0.6) is 0 Å². The number of rotatable bonds is 8. The summed E-state index contributed by atoms with van der Waals surface area (Å²) in [5, 5.41) is 13.7. The van der Waals surface area contributed by atoms with Gasteiger partial charge in [-0.2, -0.15) is 0 Å². The molecule has 0 aliphatic heterocycles. The van der Waals surface area contributed by atoms with E-state index in [2.05, 4.69) is 58.2 Å². The summed E-state index contributed by atoms with van der Waals surface area (Å²) >= 11 is 1.42. The minimum Gasteiger partial charge on any atom is -0.353 e. The number of benzene rings is 2. The zero-order valence-electron chi connectivity index (χ0n) is 18.6. The van der Waals surface area contributed by atoms with Crippen LogP contribution in [-0.2, 0) is 11.3 Å². The highest BCUT2D eigenvalue weighted by Crippen LogP contribution is 2.32. The minimum absolute atomic E-state index is 0.0114. The predicted molar refractivity (Wildman–Crippen MR) is 130 cm³/mol. The van der Waals surface area contributed by atoms with Crippen LogP contribution >= 0.6 is 11.8 Å². The number of carbonyl (C=O) groups excluding carboxylic acids is 1. The maximum Gasteiger partial charge on any atom is 0.230 e. The van der Waals surface area contributed by atoms with Gasteiger partial charge >= 0.3 is 0 Å². The van der Waals surface area contributed by atoms with Crippen LogP contribution in [0, 0.1) is 0 Å². The van der Waals surface area contributed by atoms with E-state index in [0.29, 0.717) is 12.3 Å². The number of hydrogen-bond donors (Lipinski definition) is 1. The monoisotopic (exact) mass is 445 g/mol. The summed E-state index contributed by atoms with van der Waals surface area (Å²) in [4.78, 5) is 17.1. The third-order valence-electron chi connectivity index (χ3n) is 5.41. The summed E-state index contributed by atoms with van der Waals surface area (Å²) in [6, 6.07) is 20.5. The molecule has 1 atom stereocenters. The molecule has 1 amide bonds. The molecule has 0 aliphatic carbocycles. The Balaban J connectivity index is 1.72. The van der Waals surface area contributed by atoms with Crippen LogP contribution in [0.4, 0.5) is 0 Å². The first-order chi connectivity index (χ1) is 15.6. The number of amides is 1. The molecule has 0 bridgehead atoms. The number of hydrogen-bond acceptors (Lipinski definition) is 5. The van der Waals surface area contributed by atoms with Crippen LogP contribution in [0.25, 0.3) is 33.5 Å². The van der Waals surface area contributed by atoms with E-state index in [1.165, 1.54) is 11.8 Å². The SMILES string of the molecule is CCC(C)NC(=O)CSc1nnc(-c2cc(-c3ccccc3)nc3ccccc23)n1CC. The maximum absolute atomic E-state index is 12.2. The molecular weight excluding hydrogens is 418 g/mol. The van der Waals surface area contributed by atoms with E-state index in [-0.39, 0.29) is 11.9 Å². The molecule has 0 spiro atoms. The second-order valence-electron chi connectivity index (χ2n) is 7.65. The number of nitrogens with zero attached hydrogens (tertiary/aromatic N) is 4. The van der Waals surface area contributed by atoms with Gasteiger partial charge < -0.3 is 9.88 Å². The predicted octanol–water partition coefficient (Wildman–Crippen LogP) is 5.19. The lowest BCUT2D eigenvalue weighted by molar-refractivity contribution is -0.119. The first kappa shape index (κ1) is 22.0. The highest BCUT2D eigenvalue weighted by atomic mass is 32.2. The van der Waals surface area contributed by atoms with E-state index in [1.807, 2.05) is 43.3 Å². The van der Waals surface area contributed by atoms with E-state index >= 15 is 0 Å². The maximum atomic E-state index is 12.2. The molecule has 4 rings (SSSR count). The highest BCUT2D eigenvalue weighted by Gasteiger charge is 2.18. The molecule has 0 saturated heterocycles. The van der Waals surface area contributed by atoms with Gasteiger partial charge in [0, 0.05) is 29.1 Å². The van der Waals surface area contributed by atoms with E-state index in [0.717, 1.165) is 45.1 Å². The Hall–Kier alpha value is -3.19. The highest BCUT2D eigenvalue weighted by molar-refractivity contribution is 7.99. The number of carbonyl (C=O) groups is 1. The van der Waals surface area contributed by atoms with Crippen molar-refractivity contribution in [3.05, 3.63) is 60.7 Å². The van der Waals surface area contributed by atoms with Crippen LogP contribution in [-0.4, -0.2) is 37.5 Å². The third-order valence-corrected chi connectivity index (χ3v) is 6.38. The van der Waals surface area contributed by atoms with Gasteiger partial charge in [0.2, 0.25) is 5.91 Å². The van der Waals surface area contributed by atoms with Crippen LogP contribution < -0.4 is 5.32 Å². The molecule has 0 fully saturated rings. The lowest BCUT2D eigenvalue weighted by Crippen LogP contribution is -2.33. The number of pyridine rings is 1. The van der Waals surface area contributed by atoms with Gasteiger partial charge in [0.1, 0.15) is 0 Å². The van der Waals surface area contributed by atoms with Gasteiger partial charge in [-0.3, -0.25) is 4.79 Å². The van der Waals surface area contributed by atoms with Gasteiger partial charge in [0.15, 0.2) is 11.0 Å². The fourth-order valence-electron chi connectivity index (χ4n) is 3.55. The molecule has 0 saturated carbocycles. The molecule has 1 N–H and O–H groups in total. The summed E-state index contributed by atoms with van der Waals surface area (Å²) < 4.78 is 2.07. The second-order valence-corrected chi connectivity index (χ2v) is 8.60. The number of fused-ring (bicyclic) bond motifs is 1. The molecule has 32 heavy (non-hydrogen) atoms. The lowest BCUT2D eigenvalue weighted by Gasteiger charge is -2.12. The van der Waals surface area contributed by atoms with Crippen molar-refractivity contribution in [1.29, 1.82) is 0 Å². The minimum atomic E-state index is 0.0114. The van der Waals surface area contributed by atoms with Crippen molar-refractivity contribution in [3.8, 4) is 22.6 Å². The normalized spacial score (nSPS) is 12.1. The zero-order valence-corrected chi connectivity index (χ0v) is 19.4. The van der Waals surface area contributed by atoms with Crippen molar-refractivity contribution < 1.29 is 4.79 Å². The average molecular weight is 446 g/mol. The Kier molecular flexibility index (Phi) is 6.85. The van der Waals surface area contributed by atoms with E-state index in [9.17, 15) is 4.79 Å². The van der Waals surface area contributed by atoms with Crippen LogP contribution in [0.15, 0.2) is 65.8 Å². The summed E-state index contributed by atoms with van der Waals surface area (Å²) in [5.41, 5.74) is 3.85. The van der Waals surface area contributed by atoms with Gasteiger partial charge in [-0.05, 0) is 32.4 Å². The fraction of sp³-hybridized carbons (Fsp3) is 0.280. The van der Waals surface area contributed by atoms with Gasteiger partial charge in [0.25, 0.3) is 0 Å². The van der Waals surface area contributed by atoms with Crippen molar-refractivity contribution in [3.63, 3.8) is 0 Å². The van der Waals surface area contributed by atoms with Gasteiger partial charge in [0.05, 0.1) is 17.0 Å². The van der Waals surface area contributed by atoms with E-state index in [4.69, 9.17) is 4.98 Å². The second kappa shape index (κ2) is 9.96. The Morgan fingerprint density at radius 1 is 1.06 bits per heavy atom. The first-order valence-corrected chi connectivity index (χ1v) is 11.9. The standard InChI is InChI=1S/C25H27N5OS/c1-4-17(3)26-23(31)16-32-25-29-28-24(30(25)5-2)20-15-22(18-11-7-6-8-12-18)27-21-14-10-9-13-19(20)21/h6-15,17H,4-5,16H2,1-3H3,(H,26,31). The Bertz CT molecular complexity index is 1220. The molecule has 0 aliphatic rings. The van der Waals surface area contributed by atoms with E-state index < -0.39 is 0 Å². The van der Waals surface area contributed by atoms with Gasteiger partial charge in [-0.15, -0.1) is 10.2 Å². The van der Waals surface area contributed by atoms with Crippen molar-refractivity contribution in [1.82, 2.24) is 25.1 Å². The van der Waals surface area contributed by atoms with Crippen LogP contribution in [0.1, 0.15) is 27.2 Å².